The van der Waals surface area contributed by atoms with Gasteiger partial charge in [0.2, 0.25) is 0 Å². The molecule has 1 N–H and O–H groups in total. The molecule has 0 aliphatic carbocycles. The summed E-state index contributed by atoms with van der Waals surface area (Å²) in [4.78, 5) is 3.71. The predicted octanol–water partition coefficient (Wildman–Crippen LogP) is 13.7. The van der Waals surface area contributed by atoms with Crippen LogP contribution in [-0.2, 0) is 0 Å². The van der Waals surface area contributed by atoms with E-state index in [1.54, 1.807) is 0 Å². The van der Waals surface area contributed by atoms with Crippen molar-refractivity contribution in [1.82, 2.24) is 4.98 Å². The second-order valence-corrected chi connectivity index (χ2v) is 13.6. The fourth-order valence-electron chi connectivity index (χ4n) is 6.77. The summed E-state index contributed by atoms with van der Waals surface area (Å²) in [5.41, 5.74) is 0. The maximum Gasteiger partial charge on any atom is 0.257 e. The molecule has 0 saturated heterocycles. The first kappa shape index (κ1) is 38.2. The predicted molar refractivity (Wildman–Crippen MR) is 184 cm³/mol. The highest BCUT2D eigenvalue weighted by Gasteiger charge is 2.25. The van der Waals surface area contributed by atoms with E-state index >= 15 is 0 Å². The van der Waals surface area contributed by atoms with E-state index in [0.717, 1.165) is 0 Å². The lowest BCUT2D eigenvalue weighted by molar-refractivity contribution is -0.727. The molecule has 0 fully saturated rings. The molecule has 0 spiro atoms. The number of aromatic nitrogens is 2. The fourth-order valence-corrected chi connectivity index (χ4v) is 6.77. The van der Waals surface area contributed by atoms with Crippen molar-refractivity contribution in [3.63, 3.8) is 0 Å². The molecule has 0 bridgehead atoms. The van der Waals surface area contributed by atoms with Crippen LogP contribution < -0.4 is 4.57 Å². The number of hydrogen-bond acceptors (Lipinski definition) is 0. The number of imidazole rings is 1. The number of nitrogens with one attached hydrogen (secondary N) is 1. The molecule has 0 aromatic carbocycles. The van der Waals surface area contributed by atoms with Crippen molar-refractivity contribution in [3.8, 4) is 0 Å². The first-order valence-corrected chi connectivity index (χ1v) is 19.3. The van der Waals surface area contributed by atoms with Crippen molar-refractivity contribution in [1.29, 1.82) is 0 Å². The second kappa shape index (κ2) is 29.3. The van der Waals surface area contributed by atoms with E-state index in [0.29, 0.717) is 12.0 Å². The van der Waals surface area contributed by atoms with Gasteiger partial charge in [-0.1, -0.05) is 188 Å². The topological polar surface area (TPSA) is 19.7 Å². The zero-order valence-corrected chi connectivity index (χ0v) is 29.0. The number of aromatic amines is 1. The Bertz CT molecular complexity index is 635. The van der Waals surface area contributed by atoms with Gasteiger partial charge >= 0.3 is 0 Å². The van der Waals surface area contributed by atoms with E-state index < -0.39 is 0 Å². The lowest BCUT2D eigenvalue weighted by Gasteiger charge is -2.17. The molecule has 1 aromatic rings. The smallest absolute Gasteiger partial charge is 0.247 e. The van der Waals surface area contributed by atoms with Crippen molar-refractivity contribution in [2.24, 2.45) is 0 Å². The average molecular weight is 574 g/mol. The van der Waals surface area contributed by atoms with Crippen molar-refractivity contribution in [2.75, 3.05) is 0 Å². The van der Waals surface area contributed by atoms with Gasteiger partial charge in [-0.05, 0) is 32.6 Å². The Labute approximate surface area is 259 Å². The summed E-state index contributed by atoms with van der Waals surface area (Å²) in [6.07, 6.45) is 47.3. The monoisotopic (exact) mass is 574 g/mol. The first-order valence-electron chi connectivity index (χ1n) is 19.3. The maximum absolute atomic E-state index is 3.71. The van der Waals surface area contributed by atoms with Crippen LogP contribution in [0, 0.1) is 0 Å². The fraction of sp³-hybridized carbons (Fsp3) is 0.923. The molecule has 1 heterocycles. The molecule has 1 rings (SSSR count). The molecule has 2 unspecified atom stereocenters. The molecular weight excluding hydrogens is 496 g/mol. The second-order valence-electron chi connectivity index (χ2n) is 13.6. The minimum Gasteiger partial charge on any atom is -0.247 e. The number of hydrogen-bond donors (Lipinski definition) is 1. The Morgan fingerprint density at radius 3 is 1.17 bits per heavy atom. The number of rotatable bonds is 32. The van der Waals surface area contributed by atoms with Crippen LogP contribution in [0.3, 0.4) is 0 Å². The molecule has 242 valence electrons. The quantitative estimate of drug-likeness (QED) is 0.0653. The van der Waals surface area contributed by atoms with Crippen molar-refractivity contribution < 1.29 is 4.57 Å². The Morgan fingerprint density at radius 2 is 0.805 bits per heavy atom. The Hall–Kier alpha value is -0.790. The highest BCUT2D eigenvalue weighted by molar-refractivity contribution is 4.90. The highest BCUT2D eigenvalue weighted by atomic mass is 15.1. The van der Waals surface area contributed by atoms with Gasteiger partial charge in [-0.25, -0.2) is 9.55 Å². The van der Waals surface area contributed by atoms with Crippen LogP contribution >= 0.6 is 0 Å². The van der Waals surface area contributed by atoms with E-state index in [9.17, 15) is 0 Å². The molecule has 0 radical (unpaired) electrons. The number of unbranched alkanes of at least 4 members (excludes halogenated alkanes) is 24. The molecule has 2 atom stereocenters. The van der Waals surface area contributed by atoms with E-state index in [1.807, 2.05) is 0 Å². The van der Waals surface area contributed by atoms with Crippen molar-refractivity contribution in [2.45, 2.75) is 232 Å². The Morgan fingerprint density at radius 1 is 0.463 bits per heavy atom. The standard InChI is InChI=1S/C39H76N2/c1-5-8-11-13-15-17-19-20-21-22-23-25-27-29-31-34-38(33-30-28-26-24-18-16-14-12-9-6-2)39-40-35-36-41(39)37(4)32-10-7-3/h35-38H,5-34H2,1-4H3/p+1. The summed E-state index contributed by atoms with van der Waals surface area (Å²) >= 11 is 0. The lowest BCUT2D eigenvalue weighted by atomic mass is 9.92. The van der Waals surface area contributed by atoms with Crippen LogP contribution in [0.2, 0.25) is 0 Å². The van der Waals surface area contributed by atoms with E-state index in [4.69, 9.17) is 0 Å². The molecule has 2 nitrogen and oxygen atoms in total. The minimum absolute atomic E-state index is 0.618. The third kappa shape index (κ3) is 21.5. The summed E-state index contributed by atoms with van der Waals surface area (Å²) in [6.45, 7) is 9.37. The minimum atomic E-state index is 0.618. The van der Waals surface area contributed by atoms with Crippen LogP contribution in [0.5, 0.6) is 0 Å². The Kier molecular flexibility index (Phi) is 27.3. The molecule has 41 heavy (non-hydrogen) atoms. The largest absolute Gasteiger partial charge is 0.257 e. The van der Waals surface area contributed by atoms with Crippen molar-refractivity contribution >= 4 is 0 Å². The summed E-state index contributed by atoms with van der Waals surface area (Å²) in [5, 5.41) is 0. The summed E-state index contributed by atoms with van der Waals surface area (Å²) in [7, 11) is 0. The normalized spacial score (nSPS) is 13.2. The summed E-state index contributed by atoms with van der Waals surface area (Å²) in [6, 6.07) is 0.618. The van der Waals surface area contributed by atoms with Crippen LogP contribution in [-0.4, -0.2) is 4.98 Å². The van der Waals surface area contributed by atoms with Gasteiger partial charge in [-0.2, -0.15) is 0 Å². The average Bonchev–Trinajstić information content (AvgIpc) is 3.48. The van der Waals surface area contributed by atoms with Crippen LogP contribution in [0.1, 0.15) is 238 Å². The molecular formula is C39H77N2+. The van der Waals surface area contributed by atoms with E-state index in [1.165, 1.54) is 198 Å². The van der Waals surface area contributed by atoms with Gasteiger partial charge < -0.3 is 0 Å². The Balaban J connectivity index is 2.27. The molecule has 1 aromatic heterocycles. The molecule has 0 amide bonds. The molecule has 2 heteroatoms. The van der Waals surface area contributed by atoms with Crippen LogP contribution in [0.4, 0.5) is 0 Å². The summed E-state index contributed by atoms with van der Waals surface area (Å²) < 4.78 is 2.60. The van der Waals surface area contributed by atoms with Gasteiger partial charge in [0.05, 0.1) is 12.0 Å². The van der Waals surface area contributed by atoms with Gasteiger partial charge in [0.1, 0.15) is 12.4 Å². The van der Waals surface area contributed by atoms with Gasteiger partial charge in [-0.15, -0.1) is 0 Å². The zero-order chi connectivity index (χ0) is 29.6. The molecule has 0 aliphatic rings. The van der Waals surface area contributed by atoms with Crippen LogP contribution in [0.15, 0.2) is 12.4 Å². The van der Waals surface area contributed by atoms with E-state index in [-0.39, 0.29) is 0 Å². The number of H-pyrrole nitrogens is 1. The first-order chi connectivity index (χ1) is 20.2. The lowest BCUT2D eigenvalue weighted by Crippen LogP contribution is -2.41. The van der Waals surface area contributed by atoms with Crippen LogP contribution in [0.25, 0.3) is 0 Å². The van der Waals surface area contributed by atoms with Gasteiger partial charge in [0, 0.05) is 0 Å². The van der Waals surface area contributed by atoms with Gasteiger partial charge in [-0.3, -0.25) is 0 Å². The number of nitrogens with zero attached hydrogens (tertiary/aromatic N) is 1. The van der Waals surface area contributed by atoms with Gasteiger partial charge in [0.25, 0.3) is 5.82 Å². The SMILES string of the molecule is CCCCCCCCCCCCCCCCCC(CCCCCCCCCCCC)c1[nH]cc[n+]1C(C)CCCC. The van der Waals surface area contributed by atoms with Gasteiger partial charge in [0.15, 0.2) is 0 Å². The summed E-state index contributed by atoms with van der Waals surface area (Å²) in [5.74, 6) is 2.24. The molecule has 0 aliphatic heterocycles. The van der Waals surface area contributed by atoms with Crippen molar-refractivity contribution in [3.05, 3.63) is 18.2 Å². The highest BCUT2D eigenvalue weighted by Crippen LogP contribution is 2.27. The third-order valence-corrected chi connectivity index (χ3v) is 9.64. The maximum atomic E-state index is 3.71. The molecule has 0 saturated carbocycles. The zero-order valence-electron chi connectivity index (χ0n) is 29.0. The third-order valence-electron chi connectivity index (χ3n) is 9.64. The van der Waals surface area contributed by atoms with E-state index in [2.05, 4.69) is 49.6 Å².